The first kappa shape index (κ1) is 17.3. The lowest BCUT2D eigenvalue weighted by molar-refractivity contribution is -0.138. The van der Waals surface area contributed by atoms with Crippen molar-refractivity contribution in [2.75, 3.05) is 13.2 Å². The molecule has 1 unspecified atom stereocenters. The van der Waals surface area contributed by atoms with Gasteiger partial charge in [-0.25, -0.2) is 4.79 Å². The van der Waals surface area contributed by atoms with Crippen LogP contribution in [0.15, 0.2) is 23.8 Å². The topological polar surface area (TPSA) is 116 Å². The van der Waals surface area contributed by atoms with Crippen LogP contribution in [0, 0.1) is 0 Å². The number of amides is 1. The number of carbonyl (C=O) groups is 2. The van der Waals surface area contributed by atoms with Gasteiger partial charge in [0.2, 0.25) is 5.91 Å². The van der Waals surface area contributed by atoms with Crippen LogP contribution in [0.4, 0.5) is 0 Å². The molecule has 1 atom stereocenters. The summed E-state index contributed by atoms with van der Waals surface area (Å²) in [7, 11) is 0. The minimum Gasteiger partial charge on any atom is -0.462 e. The van der Waals surface area contributed by atoms with E-state index >= 15 is 0 Å². The van der Waals surface area contributed by atoms with Crippen molar-refractivity contribution in [2.45, 2.75) is 32.2 Å². The van der Waals surface area contributed by atoms with Crippen LogP contribution in [-0.4, -0.2) is 36.2 Å². The third kappa shape index (κ3) is 7.38. The predicted octanol–water partition coefficient (Wildman–Crippen LogP) is 0.00730. The van der Waals surface area contributed by atoms with Crippen molar-refractivity contribution in [3.63, 3.8) is 0 Å². The molecule has 0 spiro atoms. The maximum atomic E-state index is 11.5. The van der Waals surface area contributed by atoms with E-state index in [4.69, 9.17) is 21.3 Å². The van der Waals surface area contributed by atoms with Gasteiger partial charge in [0, 0.05) is 24.6 Å². The van der Waals surface area contributed by atoms with E-state index in [1.165, 1.54) is 6.08 Å². The molecule has 19 heavy (non-hydrogen) atoms. The van der Waals surface area contributed by atoms with Gasteiger partial charge in [0.1, 0.15) is 0 Å². The average Bonchev–Trinajstić information content (AvgIpc) is 2.37. The summed E-state index contributed by atoms with van der Waals surface area (Å²) in [4.78, 5) is 22.7. The van der Waals surface area contributed by atoms with Crippen molar-refractivity contribution in [2.24, 2.45) is 11.5 Å². The highest BCUT2D eigenvalue weighted by atomic mass is 16.5. The summed E-state index contributed by atoms with van der Waals surface area (Å²) in [6.07, 6.45) is 2.64. The van der Waals surface area contributed by atoms with E-state index < -0.39 is 11.9 Å². The molecule has 0 aliphatic carbocycles. The summed E-state index contributed by atoms with van der Waals surface area (Å²) >= 11 is 0. The van der Waals surface area contributed by atoms with Gasteiger partial charge in [-0.3, -0.25) is 4.79 Å². The Hall–Kier alpha value is -1.66. The molecule has 0 saturated carbocycles. The molecule has 0 rings (SSSR count). The van der Waals surface area contributed by atoms with Gasteiger partial charge < -0.3 is 21.3 Å². The monoisotopic (exact) mass is 270 g/mol. The normalized spacial score (nSPS) is 12.9. The molecule has 0 radical (unpaired) electrons. The van der Waals surface area contributed by atoms with Gasteiger partial charge in [-0.15, -0.1) is 0 Å². The van der Waals surface area contributed by atoms with Gasteiger partial charge in [-0.1, -0.05) is 13.5 Å². The smallest absolute Gasteiger partial charge is 0.337 e. The molecule has 0 heterocycles. The number of hydrogen-bond donors (Lipinski definition) is 3. The van der Waals surface area contributed by atoms with Crippen LogP contribution in [0.25, 0.3) is 0 Å². The van der Waals surface area contributed by atoms with Crippen LogP contribution in [0.5, 0.6) is 0 Å². The summed E-state index contributed by atoms with van der Waals surface area (Å²) in [6, 6.07) is -0.197. The lowest BCUT2D eigenvalue weighted by Crippen LogP contribution is -2.25. The molecule has 1 amide bonds. The number of hydrogen-bond acceptors (Lipinski definition) is 5. The standard InChI is InChI=1S/C13H22N2O4/c1-3-11(14)8-10(12(15)17)7-9(2)13(18)19-6-4-5-16/h7,11,16H,2-6,8,14H2,1H3,(H2,15,17)/b10-7+. The molecule has 0 aromatic heterocycles. The van der Waals surface area contributed by atoms with Gasteiger partial charge >= 0.3 is 5.97 Å². The first-order valence-corrected chi connectivity index (χ1v) is 6.15. The Morgan fingerprint density at radius 1 is 1.47 bits per heavy atom. The third-order valence-corrected chi connectivity index (χ3v) is 2.47. The second-order valence-corrected chi connectivity index (χ2v) is 4.14. The fourth-order valence-corrected chi connectivity index (χ4v) is 1.25. The van der Waals surface area contributed by atoms with Gasteiger partial charge in [-0.05, 0) is 18.9 Å². The Balaban J connectivity index is 4.60. The molecule has 0 aromatic carbocycles. The number of carbonyl (C=O) groups excluding carboxylic acids is 2. The molecule has 6 heteroatoms. The second kappa shape index (κ2) is 9.29. The number of primary amides is 1. The Kier molecular flexibility index (Phi) is 8.48. The Labute approximate surface area is 113 Å². The zero-order valence-corrected chi connectivity index (χ0v) is 11.2. The molecule has 108 valence electrons. The minimum atomic E-state index is -0.641. The zero-order valence-electron chi connectivity index (χ0n) is 11.2. The first-order valence-electron chi connectivity index (χ1n) is 6.15. The maximum absolute atomic E-state index is 11.5. The Morgan fingerprint density at radius 2 is 2.11 bits per heavy atom. The van der Waals surface area contributed by atoms with Crippen molar-refractivity contribution in [1.29, 1.82) is 0 Å². The molecule has 0 aliphatic heterocycles. The zero-order chi connectivity index (χ0) is 14.8. The van der Waals surface area contributed by atoms with Crippen molar-refractivity contribution in [1.82, 2.24) is 0 Å². The lowest BCUT2D eigenvalue weighted by Gasteiger charge is -2.10. The minimum absolute atomic E-state index is 0.0371. The number of nitrogens with two attached hydrogens (primary N) is 2. The molecular formula is C13H22N2O4. The van der Waals surface area contributed by atoms with E-state index in [1.54, 1.807) is 0 Å². The Morgan fingerprint density at radius 3 is 2.58 bits per heavy atom. The average molecular weight is 270 g/mol. The van der Waals surface area contributed by atoms with Crippen LogP contribution in [0.3, 0.4) is 0 Å². The first-order chi connectivity index (χ1) is 8.92. The summed E-state index contributed by atoms with van der Waals surface area (Å²) in [5, 5.41) is 8.56. The number of aliphatic hydroxyl groups is 1. The number of aliphatic hydroxyl groups excluding tert-OH is 1. The van der Waals surface area contributed by atoms with Crippen LogP contribution >= 0.6 is 0 Å². The SMILES string of the molecule is C=C(/C=C(\CC(N)CC)C(N)=O)C(=O)OCCCO. The maximum Gasteiger partial charge on any atom is 0.337 e. The molecule has 0 aromatic rings. The summed E-state index contributed by atoms with van der Waals surface area (Å²) in [6.45, 7) is 5.45. The number of esters is 1. The molecule has 5 N–H and O–H groups in total. The lowest BCUT2D eigenvalue weighted by atomic mass is 10.0. The summed E-state index contributed by atoms with van der Waals surface area (Å²) in [5.41, 5.74) is 11.2. The largest absolute Gasteiger partial charge is 0.462 e. The van der Waals surface area contributed by atoms with E-state index in [2.05, 4.69) is 6.58 Å². The number of rotatable bonds is 9. The van der Waals surface area contributed by atoms with Crippen molar-refractivity contribution in [3.8, 4) is 0 Å². The van der Waals surface area contributed by atoms with Gasteiger partial charge in [0.05, 0.1) is 12.2 Å². The highest BCUT2D eigenvalue weighted by Crippen LogP contribution is 2.10. The van der Waals surface area contributed by atoms with Crippen molar-refractivity contribution in [3.05, 3.63) is 23.8 Å². The summed E-state index contributed by atoms with van der Waals surface area (Å²) < 4.78 is 4.83. The van der Waals surface area contributed by atoms with Crippen molar-refractivity contribution < 1.29 is 19.4 Å². The van der Waals surface area contributed by atoms with Gasteiger partial charge in [-0.2, -0.15) is 0 Å². The fourth-order valence-electron chi connectivity index (χ4n) is 1.25. The van der Waals surface area contributed by atoms with Crippen molar-refractivity contribution >= 4 is 11.9 Å². The van der Waals surface area contributed by atoms with E-state index in [1.807, 2.05) is 6.92 Å². The van der Waals surface area contributed by atoms with Crippen LogP contribution in [-0.2, 0) is 14.3 Å². The van der Waals surface area contributed by atoms with E-state index in [9.17, 15) is 9.59 Å². The van der Waals surface area contributed by atoms with Crippen LogP contribution < -0.4 is 11.5 Å². The molecule has 6 nitrogen and oxygen atoms in total. The van der Waals surface area contributed by atoms with Gasteiger partial charge in [0.25, 0.3) is 0 Å². The highest BCUT2D eigenvalue weighted by molar-refractivity contribution is 5.97. The fraction of sp³-hybridized carbons (Fsp3) is 0.538. The second-order valence-electron chi connectivity index (χ2n) is 4.14. The van der Waals surface area contributed by atoms with Crippen LogP contribution in [0.2, 0.25) is 0 Å². The molecule has 0 saturated heterocycles. The van der Waals surface area contributed by atoms with E-state index in [0.29, 0.717) is 12.8 Å². The Bertz CT molecular complexity index is 364. The quantitative estimate of drug-likeness (QED) is 0.236. The molecule has 0 aliphatic rings. The molecular weight excluding hydrogens is 248 g/mol. The molecule has 0 bridgehead atoms. The van der Waals surface area contributed by atoms with Gasteiger partial charge in [0.15, 0.2) is 0 Å². The van der Waals surface area contributed by atoms with E-state index in [0.717, 1.165) is 0 Å². The number of ether oxygens (including phenoxy) is 1. The third-order valence-electron chi connectivity index (χ3n) is 2.47. The molecule has 0 fully saturated rings. The highest BCUT2D eigenvalue weighted by Gasteiger charge is 2.13. The van der Waals surface area contributed by atoms with Crippen LogP contribution in [0.1, 0.15) is 26.2 Å². The van der Waals surface area contributed by atoms with E-state index in [-0.39, 0.29) is 36.8 Å². The summed E-state index contributed by atoms with van der Waals surface area (Å²) in [5.74, 6) is -1.27. The predicted molar refractivity (Wildman–Crippen MR) is 72.0 cm³/mol.